The van der Waals surface area contributed by atoms with Gasteiger partial charge in [0.1, 0.15) is 0 Å². The van der Waals surface area contributed by atoms with Crippen LogP contribution >= 0.6 is 34.0 Å². The van der Waals surface area contributed by atoms with Gasteiger partial charge in [-0.05, 0) is 68.8 Å². The molecule has 162 valence electrons. The lowest BCUT2D eigenvalue weighted by Gasteiger charge is -2.26. The molecule has 0 amide bonds. The monoisotopic (exact) mass is 481 g/mol. The molecule has 0 radical (unpaired) electrons. The summed E-state index contributed by atoms with van der Waals surface area (Å²) in [6.45, 7) is 6.46. The maximum atomic E-state index is 2.33. The lowest BCUT2D eigenvalue weighted by atomic mass is 10.1. The van der Waals surface area contributed by atoms with Crippen LogP contribution in [0.5, 0.6) is 0 Å². The lowest BCUT2D eigenvalue weighted by molar-refractivity contribution is 1.27. The van der Waals surface area contributed by atoms with Crippen molar-refractivity contribution in [2.45, 2.75) is 20.8 Å². The molecule has 0 aliphatic heterocycles. The van der Waals surface area contributed by atoms with Crippen molar-refractivity contribution in [2.75, 3.05) is 4.90 Å². The molecule has 3 aromatic heterocycles. The molecule has 0 fully saturated rings. The minimum Gasteiger partial charge on any atom is -0.311 e. The highest BCUT2D eigenvalue weighted by Gasteiger charge is 2.16. The molecular weight excluding hydrogens is 459 g/mol. The average Bonchev–Trinajstić information content (AvgIpc) is 3.48. The summed E-state index contributed by atoms with van der Waals surface area (Å²) in [4.78, 5) is 3.72. The van der Waals surface area contributed by atoms with Crippen molar-refractivity contribution in [2.24, 2.45) is 0 Å². The Morgan fingerprint density at radius 2 is 1.12 bits per heavy atom. The quantitative estimate of drug-likeness (QED) is 0.242. The number of aryl methyl sites for hydroxylation is 3. The normalized spacial score (nSPS) is 11.5. The molecule has 0 aliphatic carbocycles. The molecule has 0 saturated carbocycles. The van der Waals surface area contributed by atoms with Crippen LogP contribution in [0, 0.1) is 20.8 Å². The van der Waals surface area contributed by atoms with Crippen LogP contribution in [0.3, 0.4) is 0 Å². The van der Waals surface area contributed by atoms with E-state index in [9.17, 15) is 0 Å². The number of nitrogens with zero attached hydrogens (tertiary/aromatic N) is 1. The van der Waals surface area contributed by atoms with E-state index in [-0.39, 0.29) is 0 Å². The Labute approximate surface area is 206 Å². The van der Waals surface area contributed by atoms with Crippen LogP contribution in [0.4, 0.5) is 17.1 Å². The van der Waals surface area contributed by atoms with Gasteiger partial charge >= 0.3 is 0 Å². The van der Waals surface area contributed by atoms with Crippen LogP contribution < -0.4 is 4.90 Å². The minimum atomic E-state index is 1.17. The van der Waals surface area contributed by atoms with Crippen molar-refractivity contribution in [3.05, 3.63) is 100 Å². The molecule has 4 heteroatoms. The minimum absolute atomic E-state index is 1.17. The SMILES string of the molecule is Cc1ccc(N(c2ccc(C)cc2)c2ccc(-c3csc4c3sc3cc(C)sc34)cc2)cc1. The van der Waals surface area contributed by atoms with E-state index in [0.29, 0.717) is 0 Å². The zero-order valence-corrected chi connectivity index (χ0v) is 21.2. The first kappa shape index (κ1) is 20.7. The molecule has 0 atom stereocenters. The lowest BCUT2D eigenvalue weighted by Crippen LogP contribution is -2.09. The molecule has 3 heterocycles. The Hall–Kier alpha value is -2.92. The van der Waals surface area contributed by atoms with Gasteiger partial charge in [-0.1, -0.05) is 47.5 Å². The third-order valence-electron chi connectivity index (χ3n) is 6.01. The Morgan fingerprint density at radius 3 is 1.70 bits per heavy atom. The summed E-state index contributed by atoms with van der Waals surface area (Å²) in [6.07, 6.45) is 0. The van der Waals surface area contributed by atoms with E-state index in [1.165, 1.54) is 63.0 Å². The van der Waals surface area contributed by atoms with Crippen LogP contribution in [-0.4, -0.2) is 0 Å². The van der Waals surface area contributed by atoms with Gasteiger partial charge in [0.25, 0.3) is 0 Å². The van der Waals surface area contributed by atoms with Gasteiger partial charge < -0.3 is 4.90 Å². The fourth-order valence-electron chi connectivity index (χ4n) is 4.26. The van der Waals surface area contributed by atoms with Gasteiger partial charge in [-0.2, -0.15) is 0 Å². The molecule has 1 nitrogen and oxygen atoms in total. The topological polar surface area (TPSA) is 3.24 Å². The molecule has 0 aliphatic rings. The van der Waals surface area contributed by atoms with E-state index < -0.39 is 0 Å². The molecule has 6 rings (SSSR count). The smallest absolute Gasteiger partial charge is 0.0635 e. The second-order valence-corrected chi connectivity index (χ2v) is 11.7. The predicted octanol–water partition coefficient (Wildman–Crippen LogP) is 10.2. The van der Waals surface area contributed by atoms with Gasteiger partial charge in [0, 0.05) is 37.6 Å². The highest BCUT2D eigenvalue weighted by molar-refractivity contribution is 7.38. The number of rotatable bonds is 4. The number of benzene rings is 3. The van der Waals surface area contributed by atoms with Crippen molar-refractivity contribution < 1.29 is 0 Å². The van der Waals surface area contributed by atoms with Gasteiger partial charge in [-0.3, -0.25) is 0 Å². The summed E-state index contributed by atoms with van der Waals surface area (Å²) >= 11 is 5.72. The zero-order chi connectivity index (χ0) is 22.5. The summed E-state index contributed by atoms with van der Waals surface area (Å²) in [5.41, 5.74) is 8.68. The summed E-state index contributed by atoms with van der Waals surface area (Å²) in [7, 11) is 0. The van der Waals surface area contributed by atoms with Crippen molar-refractivity contribution in [3.8, 4) is 11.1 Å². The third kappa shape index (κ3) is 3.68. The largest absolute Gasteiger partial charge is 0.311 e. The van der Waals surface area contributed by atoms with E-state index in [0.717, 1.165) is 0 Å². The molecule has 33 heavy (non-hydrogen) atoms. The van der Waals surface area contributed by atoms with E-state index in [1.807, 2.05) is 34.0 Å². The molecule has 0 bridgehead atoms. The molecule has 3 aromatic carbocycles. The van der Waals surface area contributed by atoms with E-state index >= 15 is 0 Å². The van der Waals surface area contributed by atoms with Crippen molar-refractivity contribution >= 4 is 69.9 Å². The van der Waals surface area contributed by atoms with Crippen LogP contribution in [-0.2, 0) is 0 Å². The summed E-state index contributed by atoms with van der Waals surface area (Å²) in [6, 6.07) is 28.9. The second-order valence-electron chi connectivity index (χ2n) is 8.51. The second kappa shape index (κ2) is 8.14. The van der Waals surface area contributed by atoms with Gasteiger partial charge in [0.05, 0.1) is 14.1 Å². The van der Waals surface area contributed by atoms with Crippen LogP contribution in [0.15, 0.2) is 84.2 Å². The first-order valence-corrected chi connectivity index (χ1v) is 13.5. The van der Waals surface area contributed by atoms with Gasteiger partial charge in [-0.25, -0.2) is 0 Å². The number of hydrogen-bond acceptors (Lipinski definition) is 4. The molecular formula is C29H23NS3. The Balaban J connectivity index is 1.42. The van der Waals surface area contributed by atoms with Crippen molar-refractivity contribution in [1.82, 2.24) is 0 Å². The molecule has 0 saturated heterocycles. The average molecular weight is 482 g/mol. The number of hydrogen-bond donors (Lipinski definition) is 0. The summed E-state index contributed by atoms with van der Waals surface area (Å²) in [5, 5.41) is 2.32. The third-order valence-corrected chi connectivity index (χ3v) is 9.63. The fraction of sp³-hybridized carbons (Fsp3) is 0.103. The van der Waals surface area contributed by atoms with Gasteiger partial charge in [0.15, 0.2) is 0 Å². The Morgan fingerprint density at radius 1 is 0.576 bits per heavy atom. The molecule has 6 aromatic rings. The van der Waals surface area contributed by atoms with E-state index in [4.69, 9.17) is 0 Å². The summed E-state index contributed by atoms with van der Waals surface area (Å²) in [5.74, 6) is 0. The first-order valence-electron chi connectivity index (χ1n) is 11.0. The van der Waals surface area contributed by atoms with E-state index in [2.05, 4.69) is 110 Å². The van der Waals surface area contributed by atoms with Gasteiger partial charge in [-0.15, -0.1) is 34.0 Å². The van der Waals surface area contributed by atoms with Gasteiger partial charge in [0.2, 0.25) is 0 Å². The first-order chi connectivity index (χ1) is 16.1. The van der Waals surface area contributed by atoms with Crippen molar-refractivity contribution in [3.63, 3.8) is 0 Å². The number of fused-ring (bicyclic) bond motifs is 3. The predicted molar refractivity (Wildman–Crippen MR) is 149 cm³/mol. The molecule has 0 spiro atoms. The van der Waals surface area contributed by atoms with Crippen LogP contribution in [0.1, 0.15) is 16.0 Å². The highest BCUT2D eigenvalue weighted by atomic mass is 32.1. The van der Waals surface area contributed by atoms with E-state index in [1.54, 1.807) is 0 Å². The fourth-order valence-corrected chi connectivity index (χ4v) is 8.24. The highest BCUT2D eigenvalue weighted by Crippen LogP contribution is 2.47. The Bertz CT molecular complexity index is 1520. The summed E-state index contributed by atoms with van der Waals surface area (Å²) < 4.78 is 5.73. The standard InChI is InChI=1S/C29H23NS3/c1-18-4-10-22(11-5-18)30(23-12-6-19(2)7-13-23)24-14-8-21(9-15-24)25-17-31-29-27(25)33-26-16-20(3)32-28(26)29/h4-17H,1-3H3. The number of thiophene rings is 3. The Kier molecular flexibility index (Phi) is 5.10. The number of anilines is 3. The maximum absolute atomic E-state index is 2.33. The maximum Gasteiger partial charge on any atom is 0.0635 e. The zero-order valence-electron chi connectivity index (χ0n) is 18.8. The molecule has 0 unspecified atom stereocenters. The van der Waals surface area contributed by atoms with Crippen LogP contribution in [0.25, 0.3) is 29.9 Å². The molecule has 0 N–H and O–H groups in total. The van der Waals surface area contributed by atoms with Crippen molar-refractivity contribution in [1.29, 1.82) is 0 Å². The van der Waals surface area contributed by atoms with Crippen LogP contribution in [0.2, 0.25) is 0 Å².